The van der Waals surface area contributed by atoms with Gasteiger partial charge in [-0.25, -0.2) is 17.9 Å². The van der Waals surface area contributed by atoms with Gasteiger partial charge in [-0.3, -0.25) is 4.57 Å². The normalized spacial score (nSPS) is 11.8. The first-order valence-electron chi connectivity index (χ1n) is 8.66. The van der Waals surface area contributed by atoms with E-state index >= 15 is 0 Å². The Labute approximate surface area is 158 Å². The third kappa shape index (κ3) is 3.91. The van der Waals surface area contributed by atoms with Crippen molar-refractivity contribution in [2.24, 2.45) is 0 Å². The van der Waals surface area contributed by atoms with E-state index < -0.39 is 10.0 Å². The Morgan fingerprint density at radius 1 is 1.15 bits per heavy atom. The van der Waals surface area contributed by atoms with E-state index in [9.17, 15) is 13.2 Å². The third-order valence-electron chi connectivity index (χ3n) is 4.47. The van der Waals surface area contributed by atoms with Crippen LogP contribution < -0.4 is 15.1 Å². The van der Waals surface area contributed by atoms with Crippen LogP contribution in [0.15, 0.2) is 46.1 Å². The first-order chi connectivity index (χ1) is 12.8. The van der Waals surface area contributed by atoms with E-state index in [1.54, 1.807) is 37.7 Å². The lowest BCUT2D eigenvalue weighted by molar-refractivity contribution is 0.413. The van der Waals surface area contributed by atoms with Crippen LogP contribution in [0.25, 0.3) is 11.0 Å². The molecule has 0 amide bonds. The van der Waals surface area contributed by atoms with Gasteiger partial charge in [0.1, 0.15) is 5.75 Å². The SMILES string of the molecule is COc1cc(C)c(S(=O)(=O)NCCCn2c(=O)[nH]c3ccccc32)c(C)c1. The minimum Gasteiger partial charge on any atom is -0.497 e. The molecule has 0 aliphatic carbocycles. The minimum absolute atomic E-state index is 0.194. The van der Waals surface area contributed by atoms with Crippen molar-refractivity contribution in [3.05, 3.63) is 58.0 Å². The summed E-state index contributed by atoms with van der Waals surface area (Å²) in [5, 5.41) is 0. The van der Waals surface area contributed by atoms with Crippen molar-refractivity contribution in [3.8, 4) is 5.75 Å². The number of ether oxygens (including phenoxy) is 1. The molecule has 0 unspecified atom stereocenters. The molecule has 3 aromatic rings. The molecule has 8 heteroatoms. The smallest absolute Gasteiger partial charge is 0.326 e. The van der Waals surface area contributed by atoms with Gasteiger partial charge in [0.15, 0.2) is 0 Å². The maximum Gasteiger partial charge on any atom is 0.326 e. The number of nitrogens with zero attached hydrogens (tertiary/aromatic N) is 1. The van der Waals surface area contributed by atoms with E-state index in [-0.39, 0.29) is 17.1 Å². The van der Waals surface area contributed by atoms with E-state index in [0.29, 0.717) is 29.8 Å². The first kappa shape index (κ1) is 19.2. The second-order valence-electron chi connectivity index (χ2n) is 6.44. The maximum atomic E-state index is 12.7. The summed E-state index contributed by atoms with van der Waals surface area (Å²) in [5.41, 5.74) is 2.65. The largest absolute Gasteiger partial charge is 0.497 e. The molecule has 0 saturated carbocycles. The van der Waals surface area contributed by atoms with Crippen LogP contribution in [0.3, 0.4) is 0 Å². The third-order valence-corrected chi connectivity index (χ3v) is 6.24. The average molecular weight is 389 g/mol. The fourth-order valence-electron chi connectivity index (χ4n) is 3.30. The molecule has 0 bridgehead atoms. The zero-order valence-electron chi connectivity index (χ0n) is 15.6. The Bertz CT molecular complexity index is 1110. The number of para-hydroxylation sites is 2. The molecular formula is C19H23N3O4S. The van der Waals surface area contributed by atoms with Crippen LogP contribution in [0, 0.1) is 13.8 Å². The van der Waals surface area contributed by atoms with Crippen molar-refractivity contribution in [1.82, 2.24) is 14.3 Å². The van der Waals surface area contributed by atoms with Gasteiger partial charge in [-0.2, -0.15) is 0 Å². The lowest BCUT2D eigenvalue weighted by Gasteiger charge is -2.13. The molecule has 0 fully saturated rings. The number of aromatic amines is 1. The van der Waals surface area contributed by atoms with Crippen molar-refractivity contribution in [3.63, 3.8) is 0 Å². The number of nitrogens with one attached hydrogen (secondary N) is 2. The van der Waals surface area contributed by atoms with Crippen LogP contribution in [-0.2, 0) is 16.6 Å². The summed E-state index contributed by atoms with van der Waals surface area (Å²) in [4.78, 5) is 15.1. The van der Waals surface area contributed by atoms with Crippen LogP contribution in [0.5, 0.6) is 5.75 Å². The monoisotopic (exact) mass is 389 g/mol. The predicted molar refractivity (Wildman–Crippen MR) is 105 cm³/mol. The van der Waals surface area contributed by atoms with Crippen LogP contribution in [0.4, 0.5) is 0 Å². The van der Waals surface area contributed by atoms with Crippen LogP contribution in [0.2, 0.25) is 0 Å². The van der Waals surface area contributed by atoms with Gasteiger partial charge in [0.05, 0.1) is 23.0 Å². The molecule has 7 nitrogen and oxygen atoms in total. The molecular weight excluding hydrogens is 366 g/mol. The van der Waals surface area contributed by atoms with Crippen molar-refractivity contribution < 1.29 is 13.2 Å². The molecule has 2 aromatic carbocycles. The molecule has 0 atom stereocenters. The number of hydrogen-bond acceptors (Lipinski definition) is 4. The Morgan fingerprint density at radius 2 is 1.81 bits per heavy atom. The summed E-state index contributed by atoms with van der Waals surface area (Å²) in [5.74, 6) is 0.627. The molecule has 27 heavy (non-hydrogen) atoms. The number of hydrogen-bond donors (Lipinski definition) is 2. The summed E-state index contributed by atoms with van der Waals surface area (Å²) in [6.45, 7) is 4.15. The van der Waals surface area contributed by atoms with Gasteiger partial charge in [0.25, 0.3) is 0 Å². The number of aryl methyl sites for hydroxylation is 3. The fourth-order valence-corrected chi connectivity index (χ4v) is 4.82. The second-order valence-corrected chi connectivity index (χ2v) is 8.14. The van der Waals surface area contributed by atoms with Crippen molar-refractivity contribution in [2.45, 2.75) is 31.7 Å². The molecule has 2 N–H and O–H groups in total. The molecule has 3 rings (SSSR count). The zero-order valence-corrected chi connectivity index (χ0v) is 16.4. The molecule has 0 spiro atoms. The number of benzene rings is 2. The number of fused-ring (bicyclic) bond motifs is 1. The first-order valence-corrected chi connectivity index (χ1v) is 10.1. The van der Waals surface area contributed by atoms with E-state index in [0.717, 1.165) is 11.0 Å². The molecule has 0 saturated heterocycles. The summed E-state index contributed by atoms with van der Waals surface area (Å²) in [6.07, 6.45) is 0.495. The number of methoxy groups -OCH3 is 1. The highest BCUT2D eigenvalue weighted by Gasteiger charge is 2.20. The van der Waals surface area contributed by atoms with Gasteiger partial charge >= 0.3 is 5.69 Å². The molecule has 0 aliphatic rings. The summed E-state index contributed by atoms with van der Waals surface area (Å²) < 4.78 is 34.8. The van der Waals surface area contributed by atoms with Crippen LogP contribution in [-0.4, -0.2) is 31.6 Å². The quantitative estimate of drug-likeness (QED) is 0.607. The topological polar surface area (TPSA) is 93.2 Å². The number of sulfonamides is 1. The van der Waals surface area contributed by atoms with Gasteiger partial charge in [-0.05, 0) is 55.7 Å². The minimum atomic E-state index is -3.64. The standard InChI is InChI=1S/C19H23N3O4S/c1-13-11-15(26-3)12-14(2)18(13)27(24,25)20-9-6-10-22-17-8-5-4-7-16(17)21-19(22)23/h4-5,7-8,11-12,20H,6,9-10H2,1-3H3,(H,21,23). The van der Waals surface area contributed by atoms with Crippen LogP contribution >= 0.6 is 0 Å². The maximum absolute atomic E-state index is 12.7. The molecule has 1 aromatic heterocycles. The summed E-state index contributed by atoms with van der Waals surface area (Å²) in [7, 11) is -2.09. The highest BCUT2D eigenvalue weighted by atomic mass is 32.2. The fraction of sp³-hybridized carbons (Fsp3) is 0.316. The van der Waals surface area contributed by atoms with Gasteiger partial charge in [-0.1, -0.05) is 12.1 Å². The zero-order chi connectivity index (χ0) is 19.6. The van der Waals surface area contributed by atoms with Gasteiger partial charge < -0.3 is 9.72 Å². The van der Waals surface area contributed by atoms with Gasteiger partial charge in [0, 0.05) is 13.1 Å². The Kier molecular flexibility index (Phi) is 5.38. The van der Waals surface area contributed by atoms with Crippen LogP contribution in [0.1, 0.15) is 17.5 Å². The Balaban J connectivity index is 1.70. The van der Waals surface area contributed by atoms with E-state index in [2.05, 4.69) is 9.71 Å². The van der Waals surface area contributed by atoms with E-state index in [1.807, 2.05) is 24.3 Å². The van der Waals surface area contributed by atoms with Crippen molar-refractivity contribution in [1.29, 1.82) is 0 Å². The highest BCUT2D eigenvalue weighted by Crippen LogP contribution is 2.25. The molecule has 1 heterocycles. The van der Waals surface area contributed by atoms with Gasteiger partial charge in [-0.15, -0.1) is 0 Å². The van der Waals surface area contributed by atoms with E-state index in [4.69, 9.17) is 4.74 Å². The number of imidazole rings is 1. The van der Waals surface area contributed by atoms with Gasteiger partial charge in [0.2, 0.25) is 10.0 Å². The second kappa shape index (κ2) is 7.58. The lowest BCUT2D eigenvalue weighted by Crippen LogP contribution is -2.28. The number of rotatable bonds is 7. The Hall–Kier alpha value is -2.58. The predicted octanol–water partition coefficient (Wildman–Crippen LogP) is 2.32. The molecule has 0 aliphatic heterocycles. The molecule has 144 valence electrons. The summed E-state index contributed by atoms with van der Waals surface area (Å²) >= 11 is 0. The van der Waals surface area contributed by atoms with E-state index in [1.165, 1.54) is 0 Å². The van der Waals surface area contributed by atoms with Crippen molar-refractivity contribution in [2.75, 3.05) is 13.7 Å². The number of aromatic nitrogens is 2. The number of H-pyrrole nitrogens is 1. The average Bonchev–Trinajstić information content (AvgIpc) is 2.93. The lowest BCUT2D eigenvalue weighted by atomic mass is 10.1. The highest BCUT2D eigenvalue weighted by molar-refractivity contribution is 7.89. The van der Waals surface area contributed by atoms with Crippen molar-refractivity contribution >= 4 is 21.1 Å². The Morgan fingerprint density at radius 3 is 2.48 bits per heavy atom. The molecule has 0 radical (unpaired) electrons. The summed E-state index contributed by atoms with van der Waals surface area (Å²) in [6, 6.07) is 10.8.